The number of aliphatic carboxylic acids is 1. The molecule has 5 rings (SSSR count). The lowest BCUT2D eigenvalue weighted by atomic mass is 9.63. The maximum atomic E-state index is 12.5. The normalized spacial score (nSPS) is 22.7. The van der Waals surface area contributed by atoms with E-state index in [1.807, 2.05) is 6.07 Å². The minimum absolute atomic E-state index is 0.145. The van der Waals surface area contributed by atoms with Crippen molar-refractivity contribution in [2.75, 3.05) is 0 Å². The Labute approximate surface area is 164 Å². The molecule has 28 heavy (non-hydrogen) atoms. The predicted octanol–water partition coefficient (Wildman–Crippen LogP) is 6.68. The summed E-state index contributed by atoms with van der Waals surface area (Å²) in [6.45, 7) is 2.11. The average Bonchev–Trinajstić information content (AvgIpc) is 2.73. The molecule has 140 valence electrons. The van der Waals surface area contributed by atoms with Gasteiger partial charge in [0.15, 0.2) is 0 Å². The molecule has 2 heteroatoms. The smallest absolute Gasteiger partial charge is 0.314 e. The molecule has 0 radical (unpaired) electrons. The van der Waals surface area contributed by atoms with Gasteiger partial charge in [-0.1, -0.05) is 80.4 Å². The zero-order chi connectivity index (χ0) is 19.3. The largest absolute Gasteiger partial charge is 0.481 e. The molecule has 0 amide bonds. The van der Waals surface area contributed by atoms with Crippen LogP contribution in [0.2, 0.25) is 0 Å². The summed E-state index contributed by atoms with van der Waals surface area (Å²) in [6.07, 6.45) is 3.81. The predicted molar refractivity (Wildman–Crippen MR) is 116 cm³/mol. The van der Waals surface area contributed by atoms with E-state index in [1.165, 1.54) is 21.5 Å². The quantitative estimate of drug-likeness (QED) is 0.401. The molecule has 0 aromatic heterocycles. The highest BCUT2D eigenvalue weighted by Crippen LogP contribution is 2.45. The van der Waals surface area contributed by atoms with Crippen LogP contribution in [0.25, 0.3) is 32.3 Å². The number of carboxylic acids is 1. The molecule has 0 spiro atoms. The van der Waals surface area contributed by atoms with Crippen molar-refractivity contribution in [2.45, 2.75) is 38.0 Å². The molecule has 4 aromatic rings. The van der Waals surface area contributed by atoms with Crippen molar-refractivity contribution in [2.24, 2.45) is 5.92 Å². The van der Waals surface area contributed by atoms with E-state index in [-0.39, 0.29) is 5.92 Å². The molecule has 0 aliphatic heterocycles. The van der Waals surface area contributed by atoms with Crippen LogP contribution in [0, 0.1) is 5.92 Å². The SMILES string of the molecule is CC1CCCCC1(C(=O)O)c1ccc2ccc3c4ccccc4ccc3c2c1. The molecule has 1 fully saturated rings. The van der Waals surface area contributed by atoms with Crippen LogP contribution in [0.3, 0.4) is 0 Å². The van der Waals surface area contributed by atoms with Crippen LogP contribution < -0.4 is 0 Å². The molecule has 2 unspecified atom stereocenters. The maximum Gasteiger partial charge on any atom is 0.314 e. The Morgan fingerprint density at radius 1 is 0.857 bits per heavy atom. The zero-order valence-corrected chi connectivity index (χ0v) is 16.1. The Morgan fingerprint density at radius 3 is 2.29 bits per heavy atom. The highest BCUT2D eigenvalue weighted by Gasteiger charge is 2.46. The summed E-state index contributed by atoms with van der Waals surface area (Å²) >= 11 is 0. The standard InChI is InChI=1S/C26H24O2/c1-17-6-4-5-15-26(17,25(27)28)20-12-9-19-11-13-22-21-8-3-2-7-18(21)10-14-23(22)24(19)16-20/h2-3,7-14,16-17H,4-6,15H2,1H3,(H,27,28). The molecule has 1 N–H and O–H groups in total. The molecule has 0 saturated heterocycles. The molecule has 2 nitrogen and oxygen atoms in total. The topological polar surface area (TPSA) is 37.3 Å². The van der Waals surface area contributed by atoms with Gasteiger partial charge in [0.25, 0.3) is 0 Å². The van der Waals surface area contributed by atoms with E-state index >= 15 is 0 Å². The van der Waals surface area contributed by atoms with Gasteiger partial charge in [-0.3, -0.25) is 4.79 Å². The number of carboxylic acid groups (broad SMARTS) is 1. The van der Waals surface area contributed by atoms with Gasteiger partial charge in [-0.05, 0) is 62.7 Å². The lowest BCUT2D eigenvalue weighted by Crippen LogP contribution is -2.44. The third-order valence-electron chi connectivity index (χ3n) is 6.94. The lowest BCUT2D eigenvalue weighted by Gasteiger charge is -2.39. The molecular weight excluding hydrogens is 344 g/mol. The monoisotopic (exact) mass is 368 g/mol. The van der Waals surface area contributed by atoms with Gasteiger partial charge >= 0.3 is 5.97 Å². The average molecular weight is 368 g/mol. The summed E-state index contributed by atoms with van der Waals surface area (Å²) in [4.78, 5) is 12.5. The van der Waals surface area contributed by atoms with E-state index in [0.29, 0.717) is 0 Å². The molecule has 2 atom stereocenters. The van der Waals surface area contributed by atoms with E-state index in [0.717, 1.165) is 42.0 Å². The molecule has 0 heterocycles. The maximum absolute atomic E-state index is 12.5. The highest BCUT2D eigenvalue weighted by molar-refractivity contribution is 6.17. The van der Waals surface area contributed by atoms with Crippen LogP contribution in [0.4, 0.5) is 0 Å². The molecule has 1 aliphatic rings. The van der Waals surface area contributed by atoms with E-state index in [2.05, 4.69) is 67.6 Å². The lowest BCUT2D eigenvalue weighted by molar-refractivity contribution is -0.147. The summed E-state index contributed by atoms with van der Waals surface area (Å²) in [5.41, 5.74) is 0.186. The highest BCUT2D eigenvalue weighted by atomic mass is 16.4. The van der Waals surface area contributed by atoms with Crippen molar-refractivity contribution in [1.29, 1.82) is 0 Å². The van der Waals surface area contributed by atoms with Crippen LogP contribution in [0.1, 0.15) is 38.2 Å². The fourth-order valence-corrected chi connectivity index (χ4v) is 5.31. The second-order valence-electron chi connectivity index (χ2n) is 8.31. The van der Waals surface area contributed by atoms with Crippen LogP contribution in [-0.4, -0.2) is 11.1 Å². The van der Waals surface area contributed by atoms with Gasteiger partial charge in [0.05, 0.1) is 5.41 Å². The summed E-state index contributed by atoms with van der Waals surface area (Å²) in [5, 5.41) is 17.4. The molecule has 1 saturated carbocycles. The van der Waals surface area contributed by atoms with Gasteiger partial charge < -0.3 is 5.11 Å². The van der Waals surface area contributed by atoms with Crippen molar-refractivity contribution >= 4 is 38.3 Å². The number of benzene rings is 4. The first-order valence-electron chi connectivity index (χ1n) is 10.2. The Bertz CT molecular complexity index is 1220. The first-order chi connectivity index (χ1) is 13.6. The second-order valence-corrected chi connectivity index (χ2v) is 8.31. The van der Waals surface area contributed by atoms with Crippen molar-refractivity contribution in [3.8, 4) is 0 Å². The Kier molecular flexibility index (Phi) is 3.90. The van der Waals surface area contributed by atoms with Gasteiger partial charge in [-0.15, -0.1) is 0 Å². The summed E-state index contributed by atoms with van der Waals surface area (Å²) in [7, 11) is 0. The van der Waals surface area contributed by atoms with Gasteiger partial charge in [0, 0.05) is 0 Å². The first kappa shape index (κ1) is 17.2. The minimum Gasteiger partial charge on any atom is -0.481 e. The van der Waals surface area contributed by atoms with Crippen LogP contribution in [0.5, 0.6) is 0 Å². The van der Waals surface area contributed by atoms with E-state index in [1.54, 1.807) is 0 Å². The first-order valence-corrected chi connectivity index (χ1v) is 10.2. The van der Waals surface area contributed by atoms with Crippen molar-refractivity contribution in [3.05, 3.63) is 72.3 Å². The molecule has 0 bridgehead atoms. The Hall–Kier alpha value is -2.87. The van der Waals surface area contributed by atoms with Crippen molar-refractivity contribution < 1.29 is 9.90 Å². The van der Waals surface area contributed by atoms with Gasteiger partial charge in [-0.2, -0.15) is 0 Å². The van der Waals surface area contributed by atoms with E-state index < -0.39 is 11.4 Å². The number of fused-ring (bicyclic) bond motifs is 5. The third-order valence-corrected chi connectivity index (χ3v) is 6.94. The van der Waals surface area contributed by atoms with Crippen LogP contribution >= 0.6 is 0 Å². The Morgan fingerprint density at radius 2 is 1.54 bits per heavy atom. The third kappa shape index (κ3) is 2.37. The van der Waals surface area contributed by atoms with Gasteiger partial charge in [-0.25, -0.2) is 0 Å². The van der Waals surface area contributed by atoms with Crippen molar-refractivity contribution in [1.82, 2.24) is 0 Å². The number of hydrogen-bond donors (Lipinski definition) is 1. The number of carbonyl (C=O) groups is 1. The van der Waals surface area contributed by atoms with Crippen molar-refractivity contribution in [3.63, 3.8) is 0 Å². The molecule has 4 aromatic carbocycles. The zero-order valence-electron chi connectivity index (χ0n) is 16.1. The number of hydrogen-bond acceptors (Lipinski definition) is 1. The number of rotatable bonds is 2. The molecule has 1 aliphatic carbocycles. The summed E-state index contributed by atoms with van der Waals surface area (Å²) in [5.74, 6) is -0.531. The van der Waals surface area contributed by atoms with Crippen LogP contribution in [-0.2, 0) is 10.2 Å². The molecular formula is C26H24O2. The van der Waals surface area contributed by atoms with Gasteiger partial charge in [0.2, 0.25) is 0 Å². The fourth-order valence-electron chi connectivity index (χ4n) is 5.31. The van der Waals surface area contributed by atoms with E-state index in [4.69, 9.17) is 0 Å². The minimum atomic E-state index is -0.772. The Balaban J connectivity index is 1.81. The second kappa shape index (κ2) is 6.34. The van der Waals surface area contributed by atoms with E-state index in [9.17, 15) is 9.90 Å². The fraction of sp³-hybridized carbons (Fsp3) is 0.269. The van der Waals surface area contributed by atoms with Gasteiger partial charge in [0.1, 0.15) is 0 Å². The summed E-state index contributed by atoms with van der Waals surface area (Å²) in [6, 6.07) is 23.4. The van der Waals surface area contributed by atoms with Crippen LogP contribution in [0.15, 0.2) is 66.7 Å². The summed E-state index contributed by atoms with van der Waals surface area (Å²) < 4.78 is 0.